The van der Waals surface area contributed by atoms with Crippen molar-refractivity contribution in [3.63, 3.8) is 0 Å². The molecule has 17 heavy (non-hydrogen) atoms. The number of halogens is 6. The second-order valence-corrected chi connectivity index (χ2v) is 3.07. The lowest BCUT2D eigenvalue weighted by atomic mass is 10.1. The molecule has 8 heteroatoms. The predicted molar refractivity (Wildman–Crippen MR) is 44.7 cm³/mol. The molecule has 0 heterocycles. The van der Waals surface area contributed by atoms with Crippen LogP contribution in [0.25, 0.3) is 0 Å². The van der Waals surface area contributed by atoms with Crippen LogP contribution < -0.4 is 4.74 Å². The standard InChI is InChI=1S/C9H6F6O2/c1-17-7-3-4(8(10,11)12)6(16)2-5(7)9(13,14)15/h2-3,16H,1H3. The molecule has 0 atom stereocenters. The highest BCUT2D eigenvalue weighted by molar-refractivity contribution is 5.48. The van der Waals surface area contributed by atoms with E-state index in [-0.39, 0.29) is 12.1 Å². The summed E-state index contributed by atoms with van der Waals surface area (Å²) in [5, 5.41) is 8.93. The third kappa shape index (κ3) is 2.75. The molecule has 0 aromatic heterocycles. The number of benzene rings is 1. The van der Waals surface area contributed by atoms with Crippen molar-refractivity contribution in [2.24, 2.45) is 0 Å². The number of hydrogen-bond acceptors (Lipinski definition) is 2. The smallest absolute Gasteiger partial charge is 0.420 e. The third-order valence-corrected chi connectivity index (χ3v) is 1.93. The Hall–Kier alpha value is -1.60. The number of aromatic hydroxyl groups is 1. The molecule has 1 N–H and O–H groups in total. The van der Waals surface area contributed by atoms with Crippen LogP contribution in [0.5, 0.6) is 11.5 Å². The number of phenols is 1. The molecule has 0 saturated carbocycles. The lowest BCUT2D eigenvalue weighted by Gasteiger charge is -2.16. The summed E-state index contributed by atoms with van der Waals surface area (Å²) < 4.78 is 78.2. The number of rotatable bonds is 1. The van der Waals surface area contributed by atoms with Crippen LogP contribution >= 0.6 is 0 Å². The van der Waals surface area contributed by atoms with E-state index in [1.54, 1.807) is 0 Å². The molecule has 0 saturated heterocycles. The topological polar surface area (TPSA) is 29.5 Å². The van der Waals surface area contributed by atoms with Gasteiger partial charge >= 0.3 is 12.4 Å². The molecule has 0 bridgehead atoms. The maximum absolute atomic E-state index is 12.4. The zero-order valence-corrected chi connectivity index (χ0v) is 8.28. The Morgan fingerprint density at radius 2 is 1.41 bits per heavy atom. The lowest BCUT2D eigenvalue weighted by molar-refractivity contribution is -0.143. The van der Waals surface area contributed by atoms with E-state index in [1.165, 1.54) is 0 Å². The molecule has 96 valence electrons. The van der Waals surface area contributed by atoms with Crippen LogP contribution in [-0.2, 0) is 12.4 Å². The van der Waals surface area contributed by atoms with Gasteiger partial charge in [0, 0.05) is 0 Å². The first-order valence-electron chi connectivity index (χ1n) is 4.12. The Kier molecular flexibility index (Phi) is 3.17. The van der Waals surface area contributed by atoms with Gasteiger partial charge in [-0.25, -0.2) is 0 Å². The highest BCUT2D eigenvalue weighted by atomic mass is 19.4. The van der Waals surface area contributed by atoms with Crippen molar-refractivity contribution in [2.45, 2.75) is 12.4 Å². The van der Waals surface area contributed by atoms with Crippen LogP contribution in [0.3, 0.4) is 0 Å². The van der Waals surface area contributed by atoms with Crippen LogP contribution in [0.4, 0.5) is 26.3 Å². The Labute approximate surface area is 91.4 Å². The van der Waals surface area contributed by atoms with E-state index in [0.717, 1.165) is 7.11 Å². The minimum absolute atomic E-state index is 0.0122. The van der Waals surface area contributed by atoms with Crippen molar-refractivity contribution in [3.8, 4) is 11.5 Å². The molecule has 0 amide bonds. The SMILES string of the molecule is COc1cc(C(F)(F)F)c(O)cc1C(F)(F)F. The van der Waals surface area contributed by atoms with E-state index in [2.05, 4.69) is 4.74 Å². The summed E-state index contributed by atoms with van der Waals surface area (Å²) in [4.78, 5) is 0. The summed E-state index contributed by atoms with van der Waals surface area (Å²) in [5.74, 6) is -2.49. The molecule has 0 unspecified atom stereocenters. The van der Waals surface area contributed by atoms with E-state index < -0.39 is 35.0 Å². The van der Waals surface area contributed by atoms with E-state index in [9.17, 15) is 26.3 Å². The fourth-order valence-electron chi connectivity index (χ4n) is 1.19. The monoisotopic (exact) mass is 260 g/mol. The maximum Gasteiger partial charge on any atom is 0.420 e. The predicted octanol–water partition coefficient (Wildman–Crippen LogP) is 3.44. The zero-order valence-electron chi connectivity index (χ0n) is 8.28. The van der Waals surface area contributed by atoms with Gasteiger partial charge in [-0.1, -0.05) is 0 Å². The van der Waals surface area contributed by atoms with E-state index in [0.29, 0.717) is 0 Å². The van der Waals surface area contributed by atoms with Crippen molar-refractivity contribution < 1.29 is 36.2 Å². The van der Waals surface area contributed by atoms with Gasteiger partial charge in [0.15, 0.2) is 0 Å². The minimum Gasteiger partial charge on any atom is -0.507 e. The van der Waals surface area contributed by atoms with Crippen LogP contribution in [-0.4, -0.2) is 12.2 Å². The van der Waals surface area contributed by atoms with E-state index >= 15 is 0 Å². The number of hydrogen-bond donors (Lipinski definition) is 1. The molecule has 0 fully saturated rings. The molecular formula is C9H6F6O2. The first kappa shape index (κ1) is 13.5. The molecule has 1 aromatic rings. The molecule has 2 nitrogen and oxygen atoms in total. The summed E-state index contributed by atoms with van der Waals surface area (Å²) >= 11 is 0. The van der Waals surface area contributed by atoms with Gasteiger partial charge in [-0.3, -0.25) is 0 Å². The Morgan fingerprint density at radius 3 is 1.76 bits per heavy atom. The summed E-state index contributed by atoms with van der Waals surface area (Å²) in [6.45, 7) is 0. The first-order chi connectivity index (χ1) is 7.57. The second-order valence-electron chi connectivity index (χ2n) is 3.07. The van der Waals surface area contributed by atoms with Gasteiger partial charge in [0.25, 0.3) is 0 Å². The molecule has 1 aromatic carbocycles. The fourth-order valence-corrected chi connectivity index (χ4v) is 1.19. The van der Waals surface area contributed by atoms with Crippen molar-refractivity contribution in [1.29, 1.82) is 0 Å². The van der Waals surface area contributed by atoms with Crippen LogP contribution in [0, 0.1) is 0 Å². The van der Waals surface area contributed by atoms with Gasteiger partial charge in [0.2, 0.25) is 0 Å². The molecule has 0 radical (unpaired) electrons. The average Bonchev–Trinajstić information content (AvgIpc) is 2.14. The fraction of sp³-hybridized carbons (Fsp3) is 0.333. The number of ether oxygens (including phenoxy) is 1. The summed E-state index contributed by atoms with van der Waals surface area (Å²) in [7, 11) is 0.807. The lowest BCUT2D eigenvalue weighted by Crippen LogP contribution is -2.11. The maximum atomic E-state index is 12.4. The Balaban J connectivity index is 3.46. The molecule has 0 spiro atoms. The molecule has 0 aliphatic heterocycles. The first-order valence-corrected chi connectivity index (χ1v) is 4.12. The van der Waals surface area contributed by atoms with Gasteiger partial charge in [-0.05, 0) is 12.1 Å². The summed E-state index contributed by atoms with van der Waals surface area (Å²) in [6.07, 6.45) is -9.87. The molecule has 0 aliphatic carbocycles. The van der Waals surface area contributed by atoms with E-state index in [1.807, 2.05) is 0 Å². The van der Waals surface area contributed by atoms with E-state index in [4.69, 9.17) is 5.11 Å². The van der Waals surface area contributed by atoms with Crippen LogP contribution in [0.1, 0.15) is 11.1 Å². The van der Waals surface area contributed by atoms with Crippen LogP contribution in [0.15, 0.2) is 12.1 Å². The van der Waals surface area contributed by atoms with Gasteiger partial charge in [-0.15, -0.1) is 0 Å². The number of alkyl halides is 6. The largest absolute Gasteiger partial charge is 0.507 e. The van der Waals surface area contributed by atoms with Gasteiger partial charge in [0.1, 0.15) is 22.6 Å². The minimum atomic E-state index is -4.96. The summed E-state index contributed by atoms with van der Waals surface area (Å²) in [6, 6.07) is 0.0970. The van der Waals surface area contributed by atoms with Crippen molar-refractivity contribution in [1.82, 2.24) is 0 Å². The second kappa shape index (κ2) is 4.01. The van der Waals surface area contributed by atoms with Crippen molar-refractivity contribution >= 4 is 0 Å². The van der Waals surface area contributed by atoms with Crippen LogP contribution in [0.2, 0.25) is 0 Å². The number of methoxy groups -OCH3 is 1. The molecular weight excluding hydrogens is 254 g/mol. The van der Waals surface area contributed by atoms with Gasteiger partial charge < -0.3 is 9.84 Å². The third-order valence-electron chi connectivity index (χ3n) is 1.93. The zero-order chi connectivity index (χ0) is 13.4. The number of phenolic OH excluding ortho intramolecular Hbond substituents is 1. The highest BCUT2D eigenvalue weighted by Crippen LogP contribution is 2.44. The van der Waals surface area contributed by atoms with Crippen molar-refractivity contribution in [2.75, 3.05) is 7.11 Å². The van der Waals surface area contributed by atoms with Gasteiger partial charge in [0.05, 0.1) is 7.11 Å². The normalized spacial score (nSPS) is 12.6. The van der Waals surface area contributed by atoms with Gasteiger partial charge in [-0.2, -0.15) is 26.3 Å². The molecule has 1 rings (SSSR count). The average molecular weight is 260 g/mol. The highest BCUT2D eigenvalue weighted by Gasteiger charge is 2.40. The van der Waals surface area contributed by atoms with Crippen molar-refractivity contribution in [3.05, 3.63) is 23.3 Å². The quantitative estimate of drug-likeness (QED) is 0.784. The summed E-state index contributed by atoms with van der Waals surface area (Å²) in [5.41, 5.74) is -3.05. The Bertz CT molecular complexity index is 421. The molecule has 0 aliphatic rings. The Morgan fingerprint density at radius 1 is 0.941 bits per heavy atom.